The van der Waals surface area contributed by atoms with E-state index in [9.17, 15) is 8.78 Å². The van der Waals surface area contributed by atoms with Crippen molar-refractivity contribution in [2.24, 2.45) is 0 Å². The highest BCUT2D eigenvalue weighted by molar-refractivity contribution is 7.80. The van der Waals surface area contributed by atoms with Gasteiger partial charge in [0.2, 0.25) is 0 Å². The van der Waals surface area contributed by atoms with E-state index in [4.69, 9.17) is 0 Å². The average molecular weight is 236 g/mol. The van der Waals surface area contributed by atoms with E-state index < -0.39 is 11.6 Å². The first-order valence-corrected chi connectivity index (χ1v) is 5.28. The summed E-state index contributed by atoms with van der Waals surface area (Å²) in [4.78, 5) is 0.564. The summed E-state index contributed by atoms with van der Waals surface area (Å²) in [6.45, 7) is 1.87. The molecule has 0 aliphatic heterocycles. The standard InChI is InChI=1S/C13H10F2S/c1-8-5-6-12(16)9(7-8)13-10(14)3-2-4-11(13)15/h2-7,16H,1H3. The van der Waals surface area contributed by atoms with Gasteiger partial charge in [-0.05, 0) is 25.1 Å². The van der Waals surface area contributed by atoms with Gasteiger partial charge in [0.15, 0.2) is 0 Å². The van der Waals surface area contributed by atoms with Gasteiger partial charge in [0.05, 0.1) is 5.56 Å². The van der Waals surface area contributed by atoms with Gasteiger partial charge in [-0.25, -0.2) is 8.78 Å². The fourth-order valence-electron chi connectivity index (χ4n) is 1.61. The molecule has 0 atom stereocenters. The van der Waals surface area contributed by atoms with E-state index in [0.29, 0.717) is 10.5 Å². The van der Waals surface area contributed by atoms with Crippen LogP contribution in [0.15, 0.2) is 41.3 Å². The maximum Gasteiger partial charge on any atom is 0.134 e. The van der Waals surface area contributed by atoms with Crippen LogP contribution in [0.4, 0.5) is 8.78 Å². The van der Waals surface area contributed by atoms with E-state index >= 15 is 0 Å². The molecular weight excluding hydrogens is 226 g/mol. The summed E-state index contributed by atoms with van der Waals surface area (Å²) in [6.07, 6.45) is 0. The van der Waals surface area contributed by atoms with Crippen molar-refractivity contribution in [2.75, 3.05) is 0 Å². The molecule has 0 aliphatic carbocycles. The van der Waals surface area contributed by atoms with Crippen molar-refractivity contribution >= 4 is 12.6 Å². The van der Waals surface area contributed by atoms with Crippen molar-refractivity contribution < 1.29 is 8.78 Å². The van der Waals surface area contributed by atoms with Gasteiger partial charge in [0.25, 0.3) is 0 Å². The summed E-state index contributed by atoms with van der Waals surface area (Å²) in [5.74, 6) is -1.14. The monoisotopic (exact) mass is 236 g/mol. The van der Waals surface area contributed by atoms with Crippen molar-refractivity contribution in [3.8, 4) is 11.1 Å². The van der Waals surface area contributed by atoms with Gasteiger partial charge >= 0.3 is 0 Å². The van der Waals surface area contributed by atoms with Crippen LogP contribution in [-0.4, -0.2) is 0 Å². The van der Waals surface area contributed by atoms with Crippen LogP contribution >= 0.6 is 12.6 Å². The molecule has 0 saturated carbocycles. The Morgan fingerprint density at radius 2 is 1.62 bits per heavy atom. The molecule has 16 heavy (non-hydrogen) atoms. The quantitative estimate of drug-likeness (QED) is 0.704. The summed E-state index contributed by atoms with van der Waals surface area (Å²) in [5, 5.41) is 0. The van der Waals surface area contributed by atoms with E-state index in [2.05, 4.69) is 12.6 Å². The van der Waals surface area contributed by atoms with E-state index in [1.165, 1.54) is 18.2 Å². The van der Waals surface area contributed by atoms with Gasteiger partial charge in [-0.2, -0.15) is 0 Å². The first kappa shape index (κ1) is 11.1. The normalized spacial score (nSPS) is 10.5. The lowest BCUT2D eigenvalue weighted by atomic mass is 10.0. The van der Waals surface area contributed by atoms with Gasteiger partial charge in [-0.1, -0.05) is 23.8 Å². The highest BCUT2D eigenvalue weighted by atomic mass is 32.1. The second kappa shape index (κ2) is 4.26. The van der Waals surface area contributed by atoms with E-state index in [0.717, 1.165) is 5.56 Å². The lowest BCUT2D eigenvalue weighted by Crippen LogP contribution is -1.91. The number of aryl methyl sites for hydroxylation is 1. The predicted octanol–water partition coefficient (Wildman–Crippen LogP) is 4.23. The first-order valence-electron chi connectivity index (χ1n) is 4.83. The van der Waals surface area contributed by atoms with Crippen LogP contribution in [0.2, 0.25) is 0 Å². The Morgan fingerprint density at radius 3 is 2.25 bits per heavy atom. The van der Waals surface area contributed by atoms with Crippen LogP contribution in [0.5, 0.6) is 0 Å². The first-order chi connectivity index (χ1) is 7.59. The minimum atomic E-state index is -0.569. The minimum absolute atomic E-state index is 0.0174. The summed E-state index contributed by atoms with van der Waals surface area (Å²) in [6, 6.07) is 9.15. The van der Waals surface area contributed by atoms with Crippen LogP contribution in [0.1, 0.15) is 5.56 Å². The number of hydrogen-bond donors (Lipinski definition) is 1. The van der Waals surface area contributed by atoms with Crippen LogP contribution in [0.25, 0.3) is 11.1 Å². The van der Waals surface area contributed by atoms with Crippen LogP contribution in [0, 0.1) is 18.6 Å². The summed E-state index contributed by atoms with van der Waals surface area (Å²) >= 11 is 4.22. The second-order valence-corrected chi connectivity index (χ2v) is 4.10. The van der Waals surface area contributed by atoms with Crippen molar-refractivity contribution in [2.45, 2.75) is 11.8 Å². The lowest BCUT2D eigenvalue weighted by molar-refractivity contribution is 0.589. The van der Waals surface area contributed by atoms with Crippen LogP contribution in [0.3, 0.4) is 0 Å². The van der Waals surface area contributed by atoms with Crippen molar-refractivity contribution in [3.05, 3.63) is 53.6 Å². The molecule has 0 unspecified atom stereocenters. The number of halogens is 2. The Hall–Kier alpha value is -1.35. The third-order valence-corrected chi connectivity index (χ3v) is 2.77. The van der Waals surface area contributed by atoms with E-state index in [1.807, 2.05) is 13.0 Å². The van der Waals surface area contributed by atoms with Gasteiger partial charge < -0.3 is 0 Å². The largest absolute Gasteiger partial charge is 0.206 e. The molecule has 0 heterocycles. The molecule has 2 aromatic carbocycles. The molecule has 2 aromatic rings. The van der Waals surface area contributed by atoms with Gasteiger partial charge in [0, 0.05) is 10.5 Å². The van der Waals surface area contributed by atoms with Crippen molar-refractivity contribution in [1.82, 2.24) is 0 Å². The fraction of sp³-hybridized carbons (Fsp3) is 0.0769. The zero-order valence-corrected chi connectivity index (χ0v) is 9.56. The number of hydrogen-bond acceptors (Lipinski definition) is 1. The molecule has 0 aromatic heterocycles. The molecule has 0 nitrogen and oxygen atoms in total. The number of thiol groups is 1. The van der Waals surface area contributed by atoms with E-state index in [1.54, 1.807) is 12.1 Å². The third-order valence-electron chi connectivity index (χ3n) is 2.38. The predicted molar refractivity (Wildman–Crippen MR) is 63.8 cm³/mol. The van der Waals surface area contributed by atoms with Crippen LogP contribution in [-0.2, 0) is 0 Å². The maximum atomic E-state index is 13.6. The average Bonchev–Trinajstić information content (AvgIpc) is 2.23. The SMILES string of the molecule is Cc1ccc(S)c(-c2c(F)cccc2F)c1. The number of benzene rings is 2. The number of rotatable bonds is 1. The molecule has 0 radical (unpaired) electrons. The third kappa shape index (κ3) is 1.95. The topological polar surface area (TPSA) is 0 Å². The molecule has 0 N–H and O–H groups in total. The molecule has 2 rings (SSSR count). The van der Waals surface area contributed by atoms with Crippen LogP contribution < -0.4 is 0 Å². The summed E-state index contributed by atoms with van der Waals surface area (Å²) in [5.41, 5.74) is 1.41. The highest BCUT2D eigenvalue weighted by Gasteiger charge is 2.13. The zero-order valence-electron chi connectivity index (χ0n) is 8.67. The van der Waals surface area contributed by atoms with E-state index in [-0.39, 0.29) is 5.56 Å². The fourth-order valence-corrected chi connectivity index (χ4v) is 1.86. The lowest BCUT2D eigenvalue weighted by Gasteiger charge is -2.08. The Labute approximate surface area is 98.3 Å². The van der Waals surface area contributed by atoms with Crippen molar-refractivity contribution in [1.29, 1.82) is 0 Å². The maximum absolute atomic E-state index is 13.6. The van der Waals surface area contributed by atoms with Gasteiger partial charge in [0.1, 0.15) is 11.6 Å². The Kier molecular flexibility index (Phi) is 2.97. The molecule has 0 saturated heterocycles. The highest BCUT2D eigenvalue weighted by Crippen LogP contribution is 2.31. The second-order valence-electron chi connectivity index (χ2n) is 3.62. The molecule has 0 fully saturated rings. The molecule has 0 spiro atoms. The van der Waals surface area contributed by atoms with Crippen molar-refractivity contribution in [3.63, 3.8) is 0 Å². The molecule has 0 bridgehead atoms. The van der Waals surface area contributed by atoms with Gasteiger partial charge in [-0.3, -0.25) is 0 Å². The Bertz CT molecular complexity index is 515. The Balaban J connectivity index is 2.72. The molecule has 3 heteroatoms. The van der Waals surface area contributed by atoms with Gasteiger partial charge in [-0.15, -0.1) is 12.6 Å². The molecular formula is C13H10F2S. The summed E-state index contributed by atoms with van der Waals surface area (Å²) < 4.78 is 27.1. The molecule has 0 aliphatic rings. The zero-order chi connectivity index (χ0) is 11.7. The smallest absolute Gasteiger partial charge is 0.134 e. The molecule has 0 amide bonds. The summed E-state index contributed by atoms with van der Waals surface area (Å²) in [7, 11) is 0. The minimum Gasteiger partial charge on any atom is -0.206 e. The molecule has 82 valence electrons. The Morgan fingerprint density at radius 1 is 1.00 bits per heavy atom.